The van der Waals surface area contributed by atoms with Gasteiger partial charge in [0.2, 0.25) is 0 Å². The molecule has 0 aliphatic carbocycles. The summed E-state index contributed by atoms with van der Waals surface area (Å²) < 4.78 is 4.80. The summed E-state index contributed by atoms with van der Waals surface area (Å²) in [6.45, 7) is 3.60. The molecule has 0 aromatic rings. The van der Waals surface area contributed by atoms with Gasteiger partial charge in [-0.25, -0.2) is 4.79 Å². The van der Waals surface area contributed by atoms with Crippen molar-refractivity contribution in [3.05, 3.63) is 12.7 Å². The van der Waals surface area contributed by atoms with E-state index >= 15 is 0 Å². The highest BCUT2D eigenvalue weighted by molar-refractivity contribution is 5.72. The Hall–Kier alpha value is -1.56. The zero-order valence-electron chi connectivity index (χ0n) is 8.83. The zero-order chi connectivity index (χ0) is 12.1. The Balaban J connectivity index is 2.57. The number of aliphatic hydroxyl groups excluding tert-OH is 1. The van der Waals surface area contributed by atoms with Crippen LogP contribution >= 0.6 is 0 Å². The summed E-state index contributed by atoms with van der Waals surface area (Å²) >= 11 is 0. The average Bonchev–Trinajstić information content (AvgIpc) is 2.55. The monoisotopic (exact) mass is 229 g/mol. The topological polar surface area (TPSA) is 87.1 Å². The van der Waals surface area contributed by atoms with Crippen LogP contribution in [0.4, 0.5) is 4.79 Å². The van der Waals surface area contributed by atoms with E-state index in [4.69, 9.17) is 9.84 Å². The first-order chi connectivity index (χ1) is 7.54. The van der Waals surface area contributed by atoms with E-state index < -0.39 is 24.2 Å². The van der Waals surface area contributed by atoms with Crippen LogP contribution < -0.4 is 0 Å². The highest BCUT2D eigenvalue weighted by Crippen LogP contribution is 2.21. The van der Waals surface area contributed by atoms with Crippen LogP contribution in [0.25, 0.3) is 0 Å². The number of aliphatic carboxylic acids is 1. The second-order valence-corrected chi connectivity index (χ2v) is 3.66. The van der Waals surface area contributed by atoms with Gasteiger partial charge in [0.15, 0.2) is 0 Å². The average molecular weight is 229 g/mol. The molecule has 1 aliphatic heterocycles. The van der Waals surface area contributed by atoms with Gasteiger partial charge < -0.3 is 19.8 Å². The molecule has 1 aliphatic rings. The second kappa shape index (κ2) is 5.50. The van der Waals surface area contributed by atoms with Crippen LogP contribution in [0.15, 0.2) is 12.7 Å². The fraction of sp³-hybridized carbons (Fsp3) is 0.600. The molecular weight excluding hydrogens is 214 g/mol. The maximum absolute atomic E-state index is 11.5. The van der Waals surface area contributed by atoms with Crippen molar-refractivity contribution < 1.29 is 24.5 Å². The normalized spacial score (nSPS) is 24.2. The summed E-state index contributed by atoms with van der Waals surface area (Å²) in [6.07, 6.45) is 0.232. The van der Waals surface area contributed by atoms with Crippen LogP contribution in [-0.2, 0) is 9.53 Å². The number of rotatable bonds is 4. The number of β-amino-alcohol motifs (C(OH)–C–C–N with tert-alkyl or cyclic N) is 1. The number of amides is 1. The molecule has 0 unspecified atom stereocenters. The fourth-order valence-electron chi connectivity index (χ4n) is 1.72. The van der Waals surface area contributed by atoms with E-state index in [1.165, 1.54) is 11.0 Å². The van der Waals surface area contributed by atoms with Crippen molar-refractivity contribution in [1.82, 2.24) is 4.90 Å². The van der Waals surface area contributed by atoms with Gasteiger partial charge in [-0.05, 0) is 6.42 Å². The van der Waals surface area contributed by atoms with Gasteiger partial charge in [-0.2, -0.15) is 0 Å². The Kier molecular flexibility index (Phi) is 4.30. The van der Waals surface area contributed by atoms with Gasteiger partial charge in [0.1, 0.15) is 6.61 Å². The molecule has 1 saturated heterocycles. The number of ether oxygens (including phenoxy) is 1. The van der Waals surface area contributed by atoms with Gasteiger partial charge in [-0.3, -0.25) is 4.79 Å². The van der Waals surface area contributed by atoms with Crippen LogP contribution in [0.3, 0.4) is 0 Å². The SMILES string of the molecule is C=CCOC(=O)N1C[C@H](O)C[C@H]1CC(=O)O. The largest absolute Gasteiger partial charge is 0.481 e. The molecule has 0 spiro atoms. The van der Waals surface area contributed by atoms with Crippen molar-refractivity contribution in [1.29, 1.82) is 0 Å². The minimum absolute atomic E-state index is 0.0746. The number of carbonyl (C=O) groups excluding carboxylic acids is 1. The predicted octanol–water partition coefficient (Wildman–Crippen LogP) is 0.219. The van der Waals surface area contributed by atoms with Crippen LogP contribution in [0.2, 0.25) is 0 Å². The molecule has 1 rings (SSSR count). The third kappa shape index (κ3) is 3.23. The Morgan fingerprint density at radius 3 is 2.81 bits per heavy atom. The lowest BCUT2D eigenvalue weighted by molar-refractivity contribution is -0.138. The van der Waals surface area contributed by atoms with E-state index in [9.17, 15) is 14.7 Å². The smallest absolute Gasteiger partial charge is 0.410 e. The Bertz CT molecular complexity index is 291. The standard InChI is InChI=1S/C10H15NO5/c1-2-3-16-10(15)11-6-8(12)4-7(11)5-9(13)14/h2,7-8,12H,1,3-6H2,(H,13,14)/t7-,8+/m0/s1. The molecule has 0 aromatic heterocycles. The van der Waals surface area contributed by atoms with Crippen LogP contribution in [0, 0.1) is 0 Å². The van der Waals surface area contributed by atoms with Gasteiger partial charge in [0, 0.05) is 6.04 Å². The first kappa shape index (κ1) is 12.5. The highest BCUT2D eigenvalue weighted by atomic mass is 16.6. The molecule has 2 N–H and O–H groups in total. The molecule has 0 saturated carbocycles. The maximum atomic E-state index is 11.5. The van der Waals surface area contributed by atoms with E-state index in [1.54, 1.807) is 0 Å². The molecule has 6 nitrogen and oxygen atoms in total. The lowest BCUT2D eigenvalue weighted by Gasteiger charge is -2.21. The Morgan fingerprint density at radius 2 is 2.25 bits per heavy atom. The summed E-state index contributed by atoms with van der Waals surface area (Å²) in [5.41, 5.74) is 0. The van der Waals surface area contributed by atoms with E-state index in [1.807, 2.05) is 0 Å². The summed E-state index contributed by atoms with van der Waals surface area (Å²) in [4.78, 5) is 23.3. The minimum Gasteiger partial charge on any atom is -0.481 e. The Morgan fingerprint density at radius 1 is 1.56 bits per heavy atom. The number of hydrogen-bond acceptors (Lipinski definition) is 4. The van der Waals surface area contributed by atoms with Gasteiger partial charge in [-0.15, -0.1) is 0 Å². The molecule has 0 radical (unpaired) electrons. The van der Waals surface area contributed by atoms with Crippen molar-refractivity contribution in [2.45, 2.75) is 25.0 Å². The quantitative estimate of drug-likeness (QED) is 0.673. The third-order valence-corrected chi connectivity index (χ3v) is 2.36. The molecular formula is C10H15NO5. The van der Waals surface area contributed by atoms with Crippen molar-refractivity contribution in [3.8, 4) is 0 Å². The minimum atomic E-state index is -0.999. The summed E-state index contributed by atoms with van der Waals surface area (Å²) in [5.74, 6) is -0.999. The zero-order valence-corrected chi connectivity index (χ0v) is 8.83. The fourth-order valence-corrected chi connectivity index (χ4v) is 1.72. The van der Waals surface area contributed by atoms with Crippen LogP contribution in [0.1, 0.15) is 12.8 Å². The van der Waals surface area contributed by atoms with Gasteiger partial charge >= 0.3 is 12.1 Å². The molecule has 16 heavy (non-hydrogen) atoms. The number of carbonyl (C=O) groups is 2. The lowest BCUT2D eigenvalue weighted by Crippen LogP contribution is -2.37. The maximum Gasteiger partial charge on any atom is 0.410 e. The molecule has 0 aromatic carbocycles. The predicted molar refractivity (Wildman–Crippen MR) is 54.9 cm³/mol. The molecule has 1 amide bonds. The summed E-state index contributed by atoms with van der Waals surface area (Å²) in [5, 5.41) is 18.1. The first-order valence-corrected chi connectivity index (χ1v) is 4.98. The molecule has 90 valence electrons. The molecule has 2 atom stereocenters. The molecule has 0 bridgehead atoms. The number of carboxylic acids is 1. The van der Waals surface area contributed by atoms with Crippen LogP contribution in [0.5, 0.6) is 0 Å². The van der Waals surface area contributed by atoms with E-state index in [0.717, 1.165) is 0 Å². The second-order valence-electron chi connectivity index (χ2n) is 3.66. The summed E-state index contributed by atoms with van der Waals surface area (Å²) in [6, 6.07) is -0.496. The van der Waals surface area contributed by atoms with Crippen molar-refractivity contribution in [2.75, 3.05) is 13.2 Å². The van der Waals surface area contributed by atoms with E-state index in [-0.39, 0.29) is 26.0 Å². The van der Waals surface area contributed by atoms with Gasteiger partial charge in [-0.1, -0.05) is 12.7 Å². The summed E-state index contributed by atoms with van der Waals surface area (Å²) in [7, 11) is 0. The van der Waals surface area contributed by atoms with Crippen molar-refractivity contribution in [2.24, 2.45) is 0 Å². The third-order valence-electron chi connectivity index (χ3n) is 2.36. The number of likely N-dealkylation sites (tertiary alicyclic amines) is 1. The van der Waals surface area contributed by atoms with E-state index in [0.29, 0.717) is 0 Å². The first-order valence-electron chi connectivity index (χ1n) is 4.98. The van der Waals surface area contributed by atoms with Crippen LogP contribution in [-0.4, -0.2) is 52.5 Å². The van der Waals surface area contributed by atoms with Crippen molar-refractivity contribution >= 4 is 12.1 Å². The molecule has 1 fully saturated rings. The number of hydrogen-bond donors (Lipinski definition) is 2. The van der Waals surface area contributed by atoms with Gasteiger partial charge in [0.05, 0.1) is 19.1 Å². The number of aliphatic hydroxyl groups is 1. The van der Waals surface area contributed by atoms with Crippen molar-refractivity contribution in [3.63, 3.8) is 0 Å². The Labute approximate surface area is 93.1 Å². The van der Waals surface area contributed by atoms with Gasteiger partial charge in [0.25, 0.3) is 0 Å². The highest BCUT2D eigenvalue weighted by Gasteiger charge is 2.36. The molecule has 6 heteroatoms. The van der Waals surface area contributed by atoms with E-state index in [2.05, 4.69) is 6.58 Å². The number of nitrogens with zero attached hydrogens (tertiary/aromatic N) is 1. The molecule has 1 heterocycles. The lowest BCUT2D eigenvalue weighted by atomic mass is 10.1. The number of carboxylic acid groups (broad SMARTS) is 1.